The van der Waals surface area contributed by atoms with Crippen molar-refractivity contribution in [1.29, 1.82) is 5.41 Å². The van der Waals surface area contributed by atoms with Gasteiger partial charge in [0.25, 0.3) is 5.91 Å². The lowest BCUT2D eigenvalue weighted by Gasteiger charge is -2.24. The van der Waals surface area contributed by atoms with E-state index in [4.69, 9.17) is 15.9 Å². The normalized spacial score (nSPS) is 16.6. The molecule has 3 aromatic rings. The minimum absolute atomic E-state index is 0.102. The van der Waals surface area contributed by atoms with Gasteiger partial charge in [-0.1, -0.05) is 18.2 Å². The largest absolute Gasteiger partial charge is 0.457 e. The van der Waals surface area contributed by atoms with Crippen LogP contribution in [0.2, 0.25) is 0 Å². The molecule has 1 fully saturated rings. The summed E-state index contributed by atoms with van der Waals surface area (Å²) in [6.45, 7) is -0.632. The molecule has 0 unspecified atom stereocenters. The number of halogens is 2. The van der Waals surface area contributed by atoms with Crippen molar-refractivity contribution in [3.63, 3.8) is 0 Å². The number of nitrogen functional groups attached to an aromatic ring is 1. The molecular formula is C27H27F2N5O4S. The fourth-order valence-corrected chi connectivity index (χ4v) is 4.96. The number of carbonyl (C=O) groups is 3. The first-order chi connectivity index (χ1) is 18.7. The molecule has 0 spiro atoms. The summed E-state index contributed by atoms with van der Waals surface area (Å²) in [7, 11) is 0. The molecule has 2 atom stereocenters. The number of thiophene rings is 1. The zero-order valence-electron chi connectivity index (χ0n) is 20.7. The SMILES string of the molecule is N=C(N)c1csc(CNC(=O)[C@@H]2C[C@H](C(F)F)CN2C(=O)CNC(=O)c2ccc(Oc3ccccc3)cc2)c1. The van der Waals surface area contributed by atoms with Gasteiger partial charge in [-0.15, -0.1) is 11.3 Å². The van der Waals surface area contributed by atoms with Gasteiger partial charge >= 0.3 is 0 Å². The lowest BCUT2D eigenvalue weighted by Crippen LogP contribution is -2.48. The predicted octanol–water partition coefficient (Wildman–Crippen LogP) is 3.35. The molecule has 1 aliphatic rings. The minimum Gasteiger partial charge on any atom is -0.457 e. The van der Waals surface area contributed by atoms with Crippen LogP contribution < -0.4 is 21.1 Å². The topological polar surface area (TPSA) is 138 Å². The number of para-hydroxylation sites is 1. The molecule has 1 saturated heterocycles. The summed E-state index contributed by atoms with van der Waals surface area (Å²) < 4.78 is 32.6. The van der Waals surface area contributed by atoms with Gasteiger partial charge in [0, 0.05) is 33.8 Å². The highest BCUT2D eigenvalue weighted by atomic mass is 32.1. The number of nitrogens with two attached hydrogens (primary N) is 1. The zero-order valence-corrected chi connectivity index (χ0v) is 21.5. The number of nitrogens with one attached hydrogen (secondary N) is 3. The van der Waals surface area contributed by atoms with E-state index < -0.39 is 42.7 Å². The minimum atomic E-state index is -2.69. The Kier molecular flexibility index (Phi) is 8.87. The number of likely N-dealkylation sites (tertiary alicyclic amines) is 1. The van der Waals surface area contributed by atoms with Crippen molar-refractivity contribution in [1.82, 2.24) is 15.5 Å². The lowest BCUT2D eigenvalue weighted by molar-refractivity contribution is -0.137. The number of nitrogens with zero attached hydrogens (tertiary/aromatic N) is 1. The van der Waals surface area contributed by atoms with Crippen LogP contribution in [0.3, 0.4) is 0 Å². The van der Waals surface area contributed by atoms with Gasteiger partial charge in [0.2, 0.25) is 18.2 Å². The Morgan fingerprint density at radius 3 is 2.38 bits per heavy atom. The molecule has 39 heavy (non-hydrogen) atoms. The monoisotopic (exact) mass is 555 g/mol. The first-order valence-electron chi connectivity index (χ1n) is 12.1. The van der Waals surface area contributed by atoms with Crippen molar-refractivity contribution in [3.05, 3.63) is 82.0 Å². The molecule has 1 aromatic heterocycles. The maximum atomic E-state index is 13.5. The predicted molar refractivity (Wildman–Crippen MR) is 142 cm³/mol. The van der Waals surface area contributed by atoms with E-state index in [1.54, 1.807) is 47.8 Å². The molecule has 0 saturated carbocycles. The van der Waals surface area contributed by atoms with Gasteiger partial charge < -0.3 is 26.0 Å². The molecule has 0 bridgehead atoms. The highest BCUT2D eigenvalue weighted by Crippen LogP contribution is 2.29. The third kappa shape index (κ3) is 7.17. The van der Waals surface area contributed by atoms with Crippen LogP contribution in [0.15, 0.2) is 66.0 Å². The second-order valence-electron chi connectivity index (χ2n) is 8.95. The molecule has 12 heteroatoms. The summed E-state index contributed by atoms with van der Waals surface area (Å²) in [6, 6.07) is 16.0. The Morgan fingerprint density at radius 2 is 1.74 bits per heavy atom. The number of ether oxygens (including phenoxy) is 1. The van der Waals surface area contributed by atoms with Crippen LogP contribution in [0.5, 0.6) is 11.5 Å². The van der Waals surface area contributed by atoms with E-state index in [1.807, 2.05) is 18.2 Å². The number of alkyl halides is 2. The fourth-order valence-electron chi connectivity index (χ4n) is 4.14. The van der Waals surface area contributed by atoms with Gasteiger partial charge in [-0.2, -0.15) is 0 Å². The van der Waals surface area contributed by atoms with Crippen LogP contribution in [0.1, 0.15) is 27.2 Å². The van der Waals surface area contributed by atoms with Crippen LogP contribution in [0.25, 0.3) is 0 Å². The molecule has 0 aliphatic carbocycles. The van der Waals surface area contributed by atoms with E-state index in [-0.39, 0.29) is 30.9 Å². The van der Waals surface area contributed by atoms with Crippen LogP contribution >= 0.6 is 11.3 Å². The average molecular weight is 556 g/mol. The Balaban J connectivity index is 1.33. The van der Waals surface area contributed by atoms with Gasteiger partial charge in [-0.25, -0.2) is 8.78 Å². The second-order valence-corrected chi connectivity index (χ2v) is 9.94. The van der Waals surface area contributed by atoms with Crippen LogP contribution in [-0.4, -0.2) is 54.0 Å². The lowest BCUT2D eigenvalue weighted by atomic mass is 10.1. The maximum absolute atomic E-state index is 13.5. The van der Waals surface area contributed by atoms with Crippen molar-refractivity contribution in [2.45, 2.75) is 25.4 Å². The Morgan fingerprint density at radius 1 is 1.05 bits per heavy atom. The first kappa shape index (κ1) is 27.7. The van der Waals surface area contributed by atoms with Crippen molar-refractivity contribution in [2.24, 2.45) is 11.7 Å². The Labute approximate surface area is 227 Å². The zero-order chi connectivity index (χ0) is 27.9. The van der Waals surface area contributed by atoms with E-state index in [0.29, 0.717) is 17.1 Å². The highest BCUT2D eigenvalue weighted by Gasteiger charge is 2.42. The molecule has 9 nitrogen and oxygen atoms in total. The van der Waals surface area contributed by atoms with Crippen molar-refractivity contribution < 1.29 is 27.9 Å². The number of hydrogen-bond acceptors (Lipinski definition) is 6. The average Bonchev–Trinajstić information content (AvgIpc) is 3.60. The van der Waals surface area contributed by atoms with Gasteiger partial charge in [0.15, 0.2) is 0 Å². The van der Waals surface area contributed by atoms with Crippen molar-refractivity contribution in [2.75, 3.05) is 13.1 Å². The van der Waals surface area contributed by atoms with Gasteiger partial charge in [-0.3, -0.25) is 19.8 Å². The number of rotatable bonds is 10. The quantitative estimate of drug-likeness (QED) is 0.225. The summed E-state index contributed by atoms with van der Waals surface area (Å²) >= 11 is 1.29. The summed E-state index contributed by atoms with van der Waals surface area (Å²) in [4.78, 5) is 40.2. The van der Waals surface area contributed by atoms with Crippen LogP contribution in [0.4, 0.5) is 8.78 Å². The molecule has 4 rings (SSSR count). The fraction of sp³-hybridized carbons (Fsp3) is 0.259. The van der Waals surface area contributed by atoms with Crippen molar-refractivity contribution in [3.8, 4) is 11.5 Å². The van der Waals surface area contributed by atoms with E-state index in [2.05, 4.69) is 10.6 Å². The van der Waals surface area contributed by atoms with E-state index >= 15 is 0 Å². The highest BCUT2D eigenvalue weighted by molar-refractivity contribution is 7.10. The van der Waals surface area contributed by atoms with E-state index in [0.717, 1.165) is 9.78 Å². The summed E-state index contributed by atoms with van der Waals surface area (Å²) in [5.41, 5.74) is 6.26. The van der Waals surface area contributed by atoms with Gasteiger partial charge in [-0.05, 0) is 48.9 Å². The number of carbonyl (C=O) groups excluding carboxylic acids is 3. The molecular weight excluding hydrogens is 528 g/mol. The van der Waals surface area contributed by atoms with E-state index in [9.17, 15) is 23.2 Å². The number of amidine groups is 1. The summed E-state index contributed by atoms with van der Waals surface area (Å²) in [5.74, 6) is -1.81. The third-order valence-electron chi connectivity index (χ3n) is 6.21. The smallest absolute Gasteiger partial charge is 0.251 e. The Hall–Kier alpha value is -4.32. The molecule has 0 radical (unpaired) electrons. The summed E-state index contributed by atoms with van der Waals surface area (Å²) in [5, 5.41) is 14.3. The second kappa shape index (κ2) is 12.5. The number of benzene rings is 2. The first-order valence-corrected chi connectivity index (χ1v) is 13.0. The molecule has 1 aliphatic heterocycles. The standard InChI is InChI=1S/C27H27F2N5O4S/c28-24(29)17-11-22(27(37)32-12-21-10-18(15-39-21)25(30)31)34(14-17)23(35)13-33-26(36)16-6-8-20(9-7-16)38-19-4-2-1-3-5-19/h1-10,15,17,22,24H,11-14H2,(H3,30,31)(H,32,37)(H,33,36)/t17-,22-/m0/s1. The molecule has 2 aromatic carbocycles. The maximum Gasteiger partial charge on any atom is 0.251 e. The van der Waals surface area contributed by atoms with Gasteiger partial charge in [0.05, 0.1) is 13.1 Å². The molecule has 204 valence electrons. The molecule has 2 heterocycles. The van der Waals surface area contributed by atoms with E-state index in [1.165, 1.54) is 11.3 Å². The van der Waals surface area contributed by atoms with Gasteiger partial charge in [0.1, 0.15) is 23.4 Å². The Bertz CT molecular complexity index is 1330. The third-order valence-corrected chi connectivity index (χ3v) is 7.15. The van der Waals surface area contributed by atoms with Crippen molar-refractivity contribution >= 4 is 34.9 Å². The molecule has 5 N–H and O–H groups in total. The summed E-state index contributed by atoms with van der Waals surface area (Å²) in [6.07, 6.45) is -2.88. The van der Waals surface area contributed by atoms with Crippen LogP contribution in [0, 0.1) is 11.3 Å². The number of amides is 3. The number of hydrogen-bond donors (Lipinski definition) is 4. The van der Waals surface area contributed by atoms with Crippen LogP contribution in [-0.2, 0) is 16.1 Å². The molecule has 3 amide bonds.